The van der Waals surface area contributed by atoms with Gasteiger partial charge < -0.3 is 9.64 Å². The van der Waals surface area contributed by atoms with Crippen LogP contribution in [0.25, 0.3) is 0 Å². The first kappa shape index (κ1) is 25.0. The van der Waals surface area contributed by atoms with Crippen LogP contribution in [0.2, 0.25) is 0 Å². The summed E-state index contributed by atoms with van der Waals surface area (Å²) in [6.07, 6.45) is 2.95. The quantitative estimate of drug-likeness (QED) is 0.393. The Kier molecular flexibility index (Phi) is 7.24. The second kappa shape index (κ2) is 10.7. The predicted molar refractivity (Wildman–Crippen MR) is 142 cm³/mol. The van der Waals surface area contributed by atoms with Crippen molar-refractivity contribution in [3.63, 3.8) is 0 Å². The summed E-state index contributed by atoms with van der Waals surface area (Å²) in [6, 6.07) is 23.3. The van der Waals surface area contributed by atoms with E-state index in [1.807, 2.05) is 65.6 Å². The van der Waals surface area contributed by atoms with Gasteiger partial charge in [-0.1, -0.05) is 50.2 Å². The number of carbonyl (C=O) groups is 2. The molecule has 2 saturated heterocycles. The topological polar surface area (TPSA) is 66.0 Å². The first-order valence-corrected chi connectivity index (χ1v) is 13.0. The summed E-state index contributed by atoms with van der Waals surface area (Å²) in [5.41, 5.74) is 1.11. The minimum atomic E-state index is -0.773. The number of amides is 3. The third-order valence-electron chi connectivity index (χ3n) is 7.18. The van der Waals surface area contributed by atoms with Crippen LogP contribution in [0.5, 0.6) is 11.5 Å². The largest absolute Gasteiger partial charge is 0.457 e. The normalized spacial score (nSPS) is 17.7. The number of rotatable bonds is 8. The van der Waals surface area contributed by atoms with Gasteiger partial charge in [0.1, 0.15) is 17.0 Å². The zero-order chi connectivity index (χ0) is 25.8. The molecule has 0 saturated carbocycles. The smallest absolute Gasteiger partial charge is 0.328 e. The molecule has 5 rings (SSSR count). The van der Waals surface area contributed by atoms with E-state index in [1.165, 1.54) is 4.90 Å². The molecule has 0 aliphatic carbocycles. The number of imide groups is 1. The highest BCUT2D eigenvalue weighted by Gasteiger charge is 2.57. The Balaban J connectivity index is 1.28. The second-order valence-electron chi connectivity index (χ2n) is 10.4. The molecule has 0 bridgehead atoms. The van der Waals surface area contributed by atoms with E-state index in [4.69, 9.17) is 4.74 Å². The lowest BCUT2D eigenvalue weighted by Gasteiger charge is -2.42. The summed E-state index contributed by atoms with van der Waals surface area (Å²) in [5, 5.41) is 0. The molecule has 1 aromatic heterocycles. The van der Waals surface area contributed by atoms with E-state index >= 15 is 0 Å². The number of aromatic nitrogens is 1. The molecule has 7 heteroatoms. The molecule has 0 radical (unpaired) electrons. The van der Waals surface area contributed by atoms with E-state index in [-0.39, 0.29) is 24.4 Å². The van der Waals surface area contributed by atoms with Gasteiger partial charge in [-0.2, -0.15) is 0 Å². The van der Waals surface area contributed by atoms with Crippen LogP contribution in [-0.2, 0) is 17.9 Å². The highest BCUT2D eigenvalue weighted by molar-refractivity contribution is 6.07. The van der Waals surface area contributed by atoms with Crippen LogP contribution in [0.4, 0.5) is 4.79 Å². The number of hydrogen-bond donors (Lipinski definition) is 0. The van der Waals surface area contributed by atoms with Gasteiger partial charge in [0.2, 0.25) is 0 Å². The molecule has 2 aromatic carbocycles. The molecule has 1 spiro atoms. The Labute approximate surface area is 218 Å². The highest BCUT2D eigenvalue weighted by atomic mass is 16.5. The molecule has 2 aliphatic rings. The maximum Gasteiger partial charge on any atom is 0.328 e. The molecule has 0 N–H and O–H groups in total. The van der Waals surface area contributed by atoms with Crippen molar-refractivity contribution >= 4 is 11.9 Å². The predicted octanol–water partition coefficient (Wildman–Crippen LogP) is 5.33. The standard InChI is InChI=1S/C30H34N4O3/c1-23(2)20-34-29(36)33(22-25-10-6-7-16-31-25)28(35)30(34)14-17-32(18-15-30)21-24-9-8-13-27(19-24)37-26-11-4-3-5-12-26/h3-13,16,19,23H,14-15,17-18,20-22H2,1-2H3. The summed E-state index contributed by atoms with van der Waals surface area (Å²) in [7, 11) is 0. The highest BCUT2D eigenvalue weighted by Crippen LogP contribution is 2.39. The number of piperidine rings is 1. The van der Waals surface area contributed by atoms with E-state index < -0.39 is 5.54 Å². The molecule has 3 aromatic rings. The zero-order valence-corrected chi connectivity index (χ0v) is 21.5. The zero-order valence-electron chi connectivity index (χ0n) is 21.5. The van der Waals surface area contributed by atoms with Crippen molar-refractivity contribution in [1.82, 2.24) is 19.7 Å². The maximum absolute atomic E-state index is 13.8. The summed E-state index contributed by atoms with van der Waals surface area (Å²) in [4.78, 5) is 37.2. The second-order valence-corrected chi connectivity index (χ2v) is 10.4. The SMILES string of the molecule is CC(C)CN1C(=O)N(Cc2ccccn2)C(=O)C12CCN(Cc1cccc(Oc3ccccc3)c1)CC2. The Morgan fingerprint density at radius 1 is 0.892 bits per heavy atom. The molecule has 2 fully saturated rings. The first-order chi connectivity index (χ1) is 17.9. The van der Waals surface area contributed by atoms with Crippen molar-refractivity contribution in [3.8, 4) is 11.5 Å². The third-order valence-corrected chi connectivity index (χ3v) is 7.18. The summed E-state index contributed by atoms with van der Waals surface area (Å²) < 4.78 is 6.00. The molecule has 3 heterocycles. The van der Waals surface area contributed by atoms with Crippen LogP contribution in [0.3, 0.4) is 0 Å². The molecule has 192 valence electrons. The van der Waals surface area contributed by atoms with Gasteiger partial charge in [-0.05, 0) is 60.7 Å². The van der Waals surface area contributed by atoms with E-state index in [0.717, 1.165) is 42.4 Å². The average Bonchev–Trinajstić information content (AvgIpc) is 3.08. The van der Waals surface area contributed by atoms with E-state index in [1.54, 1.807) is 6.20 Å². The molecule has 3 amide bonds. The molecule has 0 atom stereocenters. The number of pyridine rings is 1. The molecule has 2 aliphatic heterocycles. The number of ether oxygens (including phenoxy) is 1. The average molecular weight is 499 g/mol. The van der Waals surface area contributed by atoms with E-state index in [9.17, 15) is 9.59 Å². The van der Waals surface area contributed by atoms with Crippen molar-refractivity contribution in [2.24, 2.45) is 5.92 Å². The molecular weight excluding hydrogens is 464 g/mol. The fourth-order valence-electron chi connectivity index (χ4n) is 5.35. The molecular formula is C30H34N4O3. The van der Waals surface area contributed by atoms with Crippen LogP contribution in [0, 0.1) is 5.92 Å². The van der Waals surface area contributed by atoms with Crippen LogP contribution in [-0.4, -0.2) is 56.8 Å². The van der Waals surface area contributed by atoms with Gasteiger partial charge in [-0.25, -0.2) is 4.79 Å². The monoisotopic (exact) mass is 498 g/mol. The van der Waals surface area contributed by atoms with Gasteiger partial charge in [0.25, 0.3) is 5.91 Å². The molecule has 37 heavy (non-hydrogen) atoms. The Bertz CT molecular complexity index is 1220. The third kappa shape index (κ3) is 5.37. The number of benzene rings is 2. The fourth-order valence-corrected chi connectivity index (χ4v) is 5.35. The molecule has 7 nitrogen and oxygen atoms in total. The number of hydrogen-bond acceptors (Lipinski definition) is 5. The van der Waals surface area contributed by atoms with Gasteiger partial charge in [0.05, 0.1) is 12.2 Å². The summed E-state index contributed by atoms with van der Waals surface area (Å²) >= 11 is 0. The van der Waals surface area contributed by atoms with Crippen LogP contribution >= 0.6 is 0 Å². The van der Waals surface area contributed by atoms with Crippen molar-refractivity contribution in [1.29, 1.82) is 0 Å². The van der Waals surface area contributed by atoms with Crippen LogP contribution in [0.1, 0.15) is 37.9 Å². The minimum Gasteiger partial charge on any atom is -0.457 e. The number of urea groups is 1. The fraction of sp³-hybridized carbons (Fsp3) is 0.367. The van der Waals surface area contributed by atoms with Gasteiger partial charge in [0.15, 0.2) is 0 Å². The number of nitrogens with zero attached hydrogens (tertiary/aromatic N) is 4. The van der Waals surface area contributed by atoms with Gasteiger partial charge in [-0.3, -0.25) is 19.6 Å². The van der Waals surface area contributed by atoms with Crippen LogP contribution < -0.4 is 4.74 Å². The van der Waals surface area contributed by atoms with E-state index in [0.29, 0.717) is 19.4 Å². The van der Waals surface area contributed by atoms with Crippen molar-refractivity contribution < 1.29 is 14.3 Å². The Hall–Kier alpha value is -3.71. The first-order valence-electron chi connectivity index (χ1n) is 13.0. The maximum atomic E-state index is 13.8. The summed E-state index contributed by atoms with van der Waals surface area (Å²) in [6.45, 7) is 7.23. The lowest BCUT2D eigenvalue weighted by molar-refractivity contribution is -0.136. The van der Waals surface area contributed by atoms with Crippen molar-refractivity contribution in [3.05, 3.63) is 90.3 Å². The lowest BCUT2D eigenvalue weighted by Crippen LogP contribution is -2.57. The number of carbonyl (C=O) groups excluding carboxylic acids is 2. The number of likely N-dealkylation sites (tertiary alicyclic amines) is 1. The van der Waals surface area contributed by atoms with Crippen molar-refractivity contribution in [2.45, 2.75) is 45.3 Å². The minimum absolute atomic E-state index is 0.0817. The molecule has 0 unspecified atom stereocenters. The van der Waals surface area contributed by atoms with Crippen LogP contribution in [0.15, 0.2) is 79.0 Å². The Morgan fingerprint density at radius 3 is 2.32 bits per heavy atom. The van der Waals surface area contributed by atoms with Gasteiger partial charge in [-0.15, -0.1) is 0 Å². The number of para-hydroxylation sites is 1. The lowest BCUT2D eigenvalue weighted by atomic mass is 9.85. The Morgan fingerprint density at radius 2 is 1.62 bits per heavy atom. The van der Waals surface area contributed by atoms with Gasteiger partial charge >= 0.3 is 6.03 Å². The van der Waals surface area contributed by atoms with E-state index in [2.05, 4.69) is 35.9 Å². The summed E-state index contributed by atoms with van der Waals surface area (Å²) in [5.74, 6) is 1.81. The van der Waals surface area contributed by atoms with Crippen molar-refractivity contribution in [2.75, 3.05) is 19.6 Å². The van der Waals surface area contributed by atoms with Gasteiger partial charge in [0, 0.05) is 32.4 Å².